The van der Waals surface area contributed by atoms with Gasteiger partial charge in [0.1, 0.15) is 24.2 Å². The lowest BCUT2D eigenvalue weighted by Crippen LogP contribution is -2.47. The number of piperidine rings is 2. The number of carbonyl (C=O) groups is 3. The van der Waals surface area contributed by atoms with Crippen LogP contribution in [0.5, 0.6) is 0 Å². The van der Waals surface area contributed by atoms with Crippen LogP contribution in [0.2, 0.25) is 0 Å². The molecule has 1 saturated carbocycles. The molecule has 5 aromatic rings. The lowest BCUT2D eigenvalue weighted by atomic mass is 9.85. The van der Waals surface area contributed by atoms with Crippen LogP contribution in [0.25, 0.3) is 16.6 Å². The van der Waals surface area contributed by atoms with E-state index in [1.807, 2.05) is 23.1 Å². The van der Waals surface area contributed by atoms with E-state index in [-0.39, 0.29) is 54.8 Å². The monoisotopic (exact) mass is 899 g/mol. The lowest BCUT2D eigenvalue weighted by molar-refractivity contribution is -0.134. The fraction of sp³-hybridized carbons (Fsp3) is 0.533. The number of halogens is 3. The first-order valence-electron chi connectivity index (χ1n) is 22.2. The Bertz CT molecular complexity index is 2610. The van der Waals surface area contributed by atoms with Crippen LogP contribution in [-0.4, -0.2) is 135 Å². The van der Waals surface area contributed by atoms with Gasteiger partial charge in [0.25, 0.3) is 12.3 Å². The molecular weight excluding hydrogens is 848 g/mol. The Morgan fingerprint density at radius 3 is 2.71 bits per heavy atom. The van der Waals surface area contributed by atoms with Gasteiger partial charge in [0, 0.05) is 71.1 Å². The quantitative estimate of drug-likeness (QED) is 0.132. The molecule has 0 radical (unpaired) electrons. The second-order valence-electron chi connectivity index (χ2n) is 17.3. The van der Waals surface area contributed by atoms with Crippen molar-refractivity contribution >= 4 is 45.8 Å². The summed E-state index contributed by atoms with van der Waals surface area (Å²) in [6.45, 7) is 3.82. The maximum absolute atomic E-state index is 15.5. The smallest absolute Gasteiger partial charge is 0.284 e. The van der Waals surface area contributed by atoms with E-state index >= 15 is 4.39 Å². The number of fused-ring (bicyclic) bond motifs is 2. The molecule has 0 spiro atoms. The predicted molar refractivity (Wildman–Crippen MR) is 231 cm³/mol. The summed E-state index contributed by atoms with van der Waals surface area (Å²) in [4.78, 5) is 46.7. The number of nitrogens with one attached hydrogen (secondary N) is 2. The number of imide groups is 1. The molecule has 4 atom stereocenters. The Morgan fingerprint density at radius 1 is 1.08 bits per heavy atom. The number of anilines is 2. The Balaban J connectivity index is 0.755. The minimum Gasteiger partial charge on any atom is -0.382 e. The fourth-order valence-electron chi connectivity index (χ4n) is 9.66. The van der Waals surface area contributed by atoms with Crippen LogP contribution in [0, 0.1) is 17.8 Å². The van der Waals surface area contributed by atoms with Gasteiger partial charge in [-0.25, -0.2) is 22.7 Å². The molecule has 17 nitrogen and oxygen atoms in total. The average molecular weight is 900 g/mol. The van der Waals surface area contributed by atoms with Crippen LogP contribution < -0.4 is 15.5 Å². The number of nitrogens with zero attached hydrogens (tertiary/aromatic N) is 9. The molecule has 4 aromatic heterocycles. The van der Waals surface area contributed by atoms with Crippen molar-refractivity contribution in [2.45, 2.75) is 81.7 Å². The molecule has 7 heterocycles. The van der Waals surface area contributed by atoms with Gasteiger partial charge in [0.2, 0.25) is 11.8 Å². The third-order valence-electron chi connectivity index (χ3n) is 13.0. The molecule has 9 rings (SSSR count). The number of likely N-dealkylation sites (tertiary alicyclic amines) is 1. The number of hydrogen-bond acceptors (Lipinski definition) is 12. The summed E-state index contributed by atoms with van der Waals surface area (Å²) >= 11 is 0. The van der Waals surface area contributed by atoms with E-state index in [0.29, 0.717) is 87.2 Å². The Morgan fingerprint density at radius 2 is 1.92 bits per heavy atom. The number of aryl methyl sites for hydroxylation is 1. The van der Waals surface area contributed by atoms with E-state index in [1.54, 1.807) is 35.8 Å². The standard InChI is InChI=1S/C45H52F3N11O6/c1-55-41-28(5-3-7-31(41)39(53-55)32-12-13-38(60)52-44(32)61)6-4-19-65-36-14-16-56(24-34(36)46)22-27-8-10-29(11-9-27)59-25-35(40(54-59)42(47)48)50-45(62)33-21-49-58-17-15-37(51-43(33)58)57-18-20-64-30(23-57)26-63-2/h3,5,7,15,17,21,25,27,29-30,32,34,36,42H,8-14,16,18-20,22-24,26H2,1-2H3,(H,50,62)(H,52,60,61)/t27?,29?,30-,32-,34+,36-/m0/s1. The summed E-state index contributed by atoms with van der Waals surface area (Å²) in [6, 6.07) is 7.29. The molecule has 2 N–H and O–H groups in total. The number of hydrogen-bond donors (Lipinski definition) is 2. The molecule has 4 aliphatic rings. The van der Waals surface area contributed by atoms with Crippen molar-refractivity contribution in [3.63, 3.8) is 0 Å². The van der Waals surface area contributed by atoms with Gasteiger partial charge in [-0.05, 0) is 56.6 Å². The number of aromatic nitrogens is 7. The Hall–Kier alpha value is -5.88. The van der Waals surface area contributed by atoms with Crippen molar-refractivity contribution in [1.82, 2.24) is 44.4 Å². The van der Waals surface area contributed by atoms with E-state index in [0.717, 1.165) is 30.3 Å². The number of para-hydroxylation sites is 1. The van der Waals surface area contributed by atoms with Crippen LogP contribution in [0.3, 0.4) is 0 Å². The molecule has 3 saturated heterocycles. The van der Waals surface area contributed by atoms with Crippen LogP contribution in [0.1, 0.15) is 90.6 Å². The maximum atomic E-state index is 15.5. The van der Waals surface area contributed by atoms with E-state index in [9.17, 15) is 23.2 Å². The van der Waals surface area contributed by atoms with Crippen molar-refractivity contribution in [2.24, 2.45) is 13.0 Å². The van der Waals surface area contributed by atoms with Crippen molar-refractivity contribution < 1.29 is 41.8 Å². The van der Waals surface area contributed by atoms with Crippen molar-refractivity contribution in [3.8, 4) is 11.8 Å². The third-order valence-corrected chi connectivity index (χ3v) is 13.0. The first-order valence-corrected chi connectivity index (χ1v) is 22.2. The van der Waals surface area contributed by atoms with E-state index < -0.39 is 36.2 Å². The molecule has 1 aromatic carbocycles. The molecule has 3 aliphatic heterocycles. The van der Waals surface area contributed by atoms with Crippen LogP contribution in [-0.2, 0) is 30.8 Å². The van der Waals surface area contributed by atoms with Gasteiger partial charge < -0.3 is 24.4 Å². The predicted octanol–water partition coefficient (Wildman–Crippen LogP) is 4.59. The fourth-order valence-corrected chi connectivity index (χ4v) is 9.66. The summed E-state index contributed by atoms with van der Waals surface area (Å²) in [6.07, 6.45) is 4.01. The van der Waals surface area contributed by atoms with Crippen molar-refractivity contribution in [3.05, 3.63) is 65.4 Å². The highest BCUT2D eigenvalue weighted by Gasteiger charge is 2.34. The minimum atomic E-state index is -2.91. The number of benzene rings is 1. The minimum absolute atomic E-state index is 0.0554. The van der Waals surface area contributed by atoms with E-state index in [1.165, 1.54) is 16.9 Å². The second-order valence-corrected chi connectivity index (χ2v) is 17.3. The summed E-state index contributed by atoms with van der Waals surface area (Å²) < 4.78 is 65.8. The molecule has 0 unspecified atom stereocenters. The second kappa shape index (κ2) is 19.3. The number of amides is 3. The molecule has 20 heteroatoms. The SMILES string of the molecule is COC[C@@H]1CN(c2ccn3ncc(C(=O)Nc4cn(C5CCC(CN6CC[C@H](OCC#Cc7cccc8c([C@@H]9CCC(=O)NC9=O)nn(C)c78)[C@H](F)C6)CC5)nc4C(F)F)c3n2)CCO1. The Labute approximate surface area is 372 Å². The normalized spacial score (nSPS) is 24.4. The van der Waals surface area contributed by atoms with Gasteiger partial charge in [-0.1, -0.05) is 24.0 Å². The molecule has 65 heavy (non-hydrogen) atoms. The first-order chi connectivity index (χ1) is 31.5. The number of ether oxygens (including phenoxy) is 3. The first kappa shape index (κ1) is 44.3. The highest BCUT2D eigenvalue weighted by atomic mass is 19.3. The third kappa shape index (κ3) is 9.60. The van der Waals surface area contributed by atoms with Crippen LogP contribution in [0.4, 0.5) is 24.7 Å². The molecular formula is C45H52F3N11O6. The maximum Gasteiger partial charge on any atom is 0.284 e. The summed E-state index contributed by atoms with van der Waals surface area (Å²) in [5, 5.41) is 19.0. The molecule has 344 valence electrons. The zero-order valence-corrected chi connectivity index (χ0v) is 36.3. The molecule has 3 amide bonds. The van der Waals surface area contributed by atoms with Crippen molar-refractivity contribution in [1.29, 1.82) is 0 Å². The molecule has 4 fully saturated rings. The number of morpholine rings is 1. The number of alkyl halides is 3. The van der Waals surface area contributed by atoms with E-state index in [4.69, 9.17) is 19.2 Å². The average Bonchev–Trinajstić information content (AvgIpc) is 4.02. The summed E-state index contributed by atoms with van der Waals surface area (Å²) in [5.41, 5.74) is 1.97. The number of carbonyl (C=O) groups excluding carboxylic acids is 3. The van der Waals surface area contributed by atoms with Crippen molar-refractivity contribution in [2.75, 3.05) is 69.9 Å². The highest BCUT2D eigenvalue weighted by molar-refractivity contribution is 6.08. The van der Waals surface area contributed by atoms with Crippen LogP contribution in [0.15, 0.2) is 42.9 Å². The highest BCUT2D eigenvalue weighted by Crippen LogP contribution is 2.36. The Kier molecular flexibility index (Phi) is 13.2. The lowest BCUT2D eigenvalue weighted by Gasteiger charge is -2.38. The van der Waals surface area contributed by atoms with Gasteiger partial charge in [-0.15, -0.1) is 0 Å². The zero-order valence-electron chi connectivity index (χ0n) is 36.3. The number of methoxy groups -OCH3 is 1. The molecule has 0 bridgehead atoms. The summed E-state index contributed by atoms with van der Waals surface area (Å²) in [7, 11) is 3.41. The van der Waals surface area contributed by atoms with E-state index in [2.05, 4.69) is 42.7 Å². The largest absolute Gasteiger partial charge is 0.382 e. The van der Waals surface area contributed by atoms with Gasteiger partial charge in [-0.2, -0.15) is 15.3 Å². The van der Waals surface area contributed by atoms with Gasteiger partial charge >= 0.3 is 0 Å². The van der Waals surface area contributed by atoms with Crippen LogP contribution >= 0.6 is 0 Å². The molecule has 1 aliphatic carbocycles. The number of rotatable bonds is 12. The topological polar surface area (TPSA) is 175 Å². The van der Waals surface area contributed by atoms with Gasteiger partial charge in [-0.3, -0.25) is 34.0 Å². The zero-order chi connectivity index (χ0) is 45.2. The van der Waals surface area contributed by atoms with Gasteiger partial charge in [0.15, 0.2) is 11.3 Å². The summed E-state index contributed by atoms with van der Waals surface area (Å²) in [5.74, 6) is 5.36. The van der Waals surface area contributed by atoms with Gasteiger partial charge in [0.05, 0.1) is 66.0 Å².